The zero-order valence-electron chi connectivity index (χ0n) is 5.55. The minimum atomic E-state index is 0.263. The van der Waals surface area contributed by atoms with E-state index in [4.69, 9.17) is 10.5 Å². The van der Waals surface area contributed by atoms with Gasteiger partial charge in [0.2, 0.25) is 0 Å². The molecular formula is C7H13NO. The highest BCUT2D eigenvalue weighted by Crippen LogP contribution is 2.18. The van der Waals surface area contributed by atoms with Crippen molar-refractivity contribution in [1.82, 2.24) is 0 Å². The van der Waals surface area contributed by atoms with Gasteiger partial charge in [-0.05, 0) is 12.8 Å². The maximum Gasteiger partial charge on any atom is 0.0758 e. The first-order valence-electron chi connectivity index (χ1n) is 3.35. The number of ether oxygens (including phenoxy) is 1. The van der Waals surface area contributed by atoms with Gasteiger partial charge in [-0.15, -0.1) is 6.58 Å². The molecule has 0 aromatic heterocycles. The molecule has 0 aromatic carbocycles. The van der Waals surface area contributed by atoms with Crippen LogP contribution in [0.15, 0.2) is 12.7 Å². The predicted octanol–water partition coefficient (Wildman–Crippen LogP) is 0.679. The first-order valence-corrected chi connectivity index (χ1v) is 3.35. The quantitative estimate of drug-likeness (QED) is 0.553. The summed E-state index contributed by atoms with van der Waals surface area (Å²) in [6.45, 7) is 4.29. The van der Waals surface area contributed by atoms with Gasteiger partial charge in [-0.2, -0.15) is 0 Å². The normalized spacial score (nSPS) is 34.8. The van der Waals surface area contributed by atoms with Crippen LogP contribution in [0, 0.1) is 0 Å². The maximum absolute atomic E-state index is 5.42. The van der Waals surface area contributed by atoms with Gasteiger partial charge in [0.15, 0.2) is 0 Å². The van der Waals surface area contributed by atoms with Crippen molar-refractivity contribution in [3.8, 4) is 0 Å². The van der Waals surface area contributed by atoms with Crippen molar-refractivity contribution in [2.24, 2.45) is 5.73 Å². The third kappa shape index (κ3) is 1.53. The maximum atomic E-state index is 5.42. The van der Waals surface area contributed by atoms with Crippen LogP contribution < -0.4 is 5.73 Å². The fourth-order valence-corrected chi connectivity index (χ4v) is 1.08. The van der Waals surface area contributed by atoms with E-state index in [1.54, 1.807) is 0 Å². The van der Waals surface area contributed by atoms with Gasteiger partial charge in [-0.25, -0.2) is 0 Å². The zero-order valence-corrected chi connectivity index (χ0v) is 5.55. The first kappa shape index (κ1) is 6.78. The largest absolute Gasteiger partial charge is 0.370 e. The van der Waals surface area contributed by atoms with E-state index in [0.29, 0.717) is 6.54 Å². The van der Waals surface area contributed by atoms with Crippen molar-refractivity contribution in [3.05, 3.63) is 12.7 Å². The van der Waals surface area contributed by atoms with Crippen molar-refractivity contribution in [3.63, 3.8) is 0 Å². The van der Waals surface area contributed by atoms with E-state index >= 15 is 0 Å². The molecule has 1 rings (SSSR count). The SMILES string of the molecule is C=CC1CCC(CN)O1. The Morgan fingerprint density at radius 3 is 2.78 bits per heavy atom. The molecule has 1 aliphatic rings. The molecule has 9 heavy (non-hydrogen) atoms. The Morgan fingerprint density at radius 2 is 2.44 bits per heavy atom. The summed E-state index contributed by atoms with van der Waals surface area (Å²) >= 11 is 0. The molecule has 1 fully saturated rings. The number of nitrogens with two attached hydrogens (primary N) is 1. The fraction of sp³-hybridized carbons (Fsp3) is 0.714. The Hall–Kier alpha value is -0.340. The zero-order chi connectivity index (χ0) is 6.69. The van der Waals surface area contributed by atoms with Crippen LogP contribution in [-0.4, -0.2) is 18.8 Å². The van der Waals surface area contributed by atoms with Gasteiger partial charge in [0, 0.05) is 6.54 Å². The molecule has 2 N–H and O–H groups in total. The second-order valence-electron chi connectivity index (χ2n) is 2.35. The van der Waals surface area contributed by atoms with Crippen LogP contribution in [0.3, 0.4) is 0 Å². The molecule has 2 heteroatoms. The van der Waals surface area contributed by atoms with Gasteiger partial charge in [-0.3, -0.25) is 0 Å². The van der Waals surface area contributed by atoms with Crippen molar-refractivity contribution >= 4 is 0 Å². The van der Waals surface area contributed by atoms with E-state index in [1.165, 1.54) is 0 Å². The van der Waals surface area contributed by atoms with Crippen LogP contribution in [0.5, 0.6) is 0 Å². The lowest BCUT2D eigenvalue weighted by atomic mass is 10.2. The Labute approximate surface area is 55.7 Å². The second kappa shape index (κ2) is 2.99. The molecule has 52 valence electrons. The molecule has 0 radical (unpaired) electrons. The molecule has 0 aliphatic carbocycles. The third-order valence-corrected chi connectivity index (χ3v) is 1.67. The molecule has 2 atom stereocenters. The highest BCUT2D eigenvalue weighted by atomic mass is 16.5. The minimum absolute atomic E-state index is 0.263. The molecule has 0 bridgehead atoms. The van der Waals surface area contributed by atoms with Crippen LogP contribution in [0.1, 0.15) is 12.8 Å². The van der Waals surface area contributed by atoms with Crippen LogP contribution in [0.25, 0.3) is 0 Å². The average molecular weight is 127 g/mol. The first-order chi connectivity index (χ1) is 4.36. The Kier molecular flexibility index (Phi) is 2.25. The van der Waals surface area contributed by atoms with Gasteiger partial charge < -0.3 is 10.5 Å². The lowest BCUT2D eigenvalue weighted by Gasteiger charge is -2.06. The molecule has 0 spiro atoms. The Morgan fingerprint density at radius 1 is 1.67 bits per heavy atom. The monoisotopic (exact) mass is 127 g/mol. The molecule has 0 saturated carbocycles. The summed E-state index contributed by atoms with van der Waals surface area (Å²) in [6, 6.07) is 0. The number of hydrogen-bond donors (Lipinski definition) is 1. The van der Waals surface area contributed by atoms with Crippen LogP contribution in [0.2, 0.25) is 0 Å². The van der Waals surface area contributed by atoms with Crippen molar-refractivity contribution in [1.29, 1.82) is 0 Å². The molecule has 1 aliphatic heterocycles. The van der Waals surface area contributed by atoms with Gasteiger partial charge >= 0.3 is 0 Å². The predicted molar refractivity (Wildman–Crippen MR) is 37.1 cm³/mol. The number of rotatable bonds is 2. The van der Waals surface area contributed by atoms with Gasteiger partial charge in [0.1, 0.15) is 0 Å². The molecule has 0 aromatic rings. The van der Waals surface area contributed by atoms with Gasteiger partial charge in [0.05, 0.1) is 12.2 Å². The lowest BCUT2D eigenvalue weighted by molar-refractivity contribution is 0.0770. The van der Waals surface area contributed by atoms with Crippen molar-refractivity contribution in [2.45, 2.75) is 25.0 Å². The highest BCUT2D eigenvalue weighted by molar-refractivity contribution is 4.86. The van der Waals surface area contributed by atoms with Crippen LogP contribution in [0.4, 0.5) is 0 Å². The van der Waals surface area contributed by atoms with E-state index in [0.717, 1.165) is 12.8 Å². The molecule has 2 nitrogen and oxygen atoms in total. The fourth-order valence-electron chi connectivity index (χ4n) is 1.08. The van der Waals surface area contributed by atoms with E-state index in [-0.39, 0.29) is 12.2 Å². The van der Waals surface area contributed by atoms with Crippen LogP contribution >= 0.6 is 0 Å². The second-order valence-corrected chi connectivity index (χ2v) is 2.35. The summed E-state index contributed by atoms with van der Waals surface area (Å²) in [4.78, 5) is 0. The molecule has 2 unspecified atom stereocenters. The minimum Gasteiger partial charge on any atom is -0.370 e. The van der Waals surface area contributed by atoms with E-state index in [1.807, 2.05) is 6.08 Å². The van der Waals surface area contributed by atoms with Crippen LogP contribution in [-0.2, 0) is 4.74 Å². The summed E-state index contributed by atoms with van der Waals surface area (Å²) in [6.07, 6.45) is 4.57. The Balaban J connectivity index is 2.28. The van der Waals surface area contributed by atoms with Gasteiger partial charge in [-0.1, -0.05) is 6.08 Å². The van der Waals surface area contributed by atoms with Crippen molar-refractivity contribution < 1.29 is 4.74 Å². The summed E-state index contributed by atoms with van der Waals surface area (Å²) < 4.78 is 5.42. The lowest BCUT2D eigenvalue weighted by Crippen LogP contribution is -2.19. The molecule has 0 amide bonds. The third-order valence-electron chi connectivity index (χ3n) is 1.67. The van der Waals surface area contributed by atoms with E-state index in [2.05, 4.69) is 6.58 Å². The Bertz CT molecular complexity index is 103. The summed E-state index contributed by atoms with van der Waals surface area (Å²) in [5, 5.41) is 0. The van der Waals surface area contributed by atoms with E-state index in [9.17, 15) is 0 Å². The molecule has 1 heterocycles. The van der Waals surface area contributed by atoms with E-state index < -0.39 is 0 Å². The topological polar surface area (TPSA) is 35.2 Å². The van der Waals surface area contributed by atoms with Gasteiger partial charge in [0.25, 0.3) is 0 Å². The standard InChI is InChI=1S/C7H13NO/c1-2-6-3-4-7(5-8)9-6/h2,6-7H,1,3-5,8H2. The molecular weight excluding hydrogens is 114 g/mol. The smallest absolute Gasteiger partial charge is 0.0758 e. The molecule has 1 saturated heterocycles. The average Bonchev–Trinajstić information content (AvgIpc) is 2.34. The number of hydrogen-bond acceptors (Lipinski definition) is 2. The summed E-state index contributed by atoms with van der Waals surface area (Å²) in [7, 11) is 0. The highest BCUT2D eigenvalue weighted by Gasteiger charge is 2.20. The van der Waals surface area contributed by atoms with Crippen molar-refractivity contribution in [2.75, 3.05) is 6.54 Å². The summed E-state index contributed by atoms with van der Waals surface area (Å²) in [5.41, 5.74) is 5.39. The summed E-state index contributed by atoms with van der Waals surface area (Å²) in [5.74, 6) is 0.